The van der Waals surface area contributed by atoms with Gasteiger partial charge in [0.15, 0.2) is 0 Å². The lowest BCUT2D eigenvalue weighted by Crippen LogP contribution is -2.25. The Balaban J connectivity index is 2.02. The van der Waals surface area contributed by atoms with Gasteiger partial charge in [-0.1, -0.05) is 17.7 Å². The molecule has 3 aromatic rings. The van der Waals surface area contributed by atoms with Crippen molar-refractivity contribution in [1.29, 1.82) is 0 Å². The summed E-state index contributed by atoms with van der Waals surface area (Å²) in [5, 5.41) is 11.6. The van der Waals surface area contributed by atoms with Crippen LogP contribution in [0.25, 0.3) is 16.6 Å². The first-order chi connectivity index (χ1) is 13.0. The SMILES string of the molecule is Nc1ccc(-n2c(CCCCNC(=O)O)nc3cccc(Cl)c3c2=O)cn1. The highest BCUT2D eigenvalue weighted by Gasteiger charge is 2.15. The Labute approximate surface area is 159 Å². The second kappa shape index (κ2) is 8.05. The number of nitrogen functional groups attached to an aromatic ring is 1. The molecule has 1 aromatic carbocycles. The summed E-state index contributed by atoms with van der Waals surface area (Å²) in [6, 6.07) is 8.44. The van der Waals surface area contributed by atoms with E-state index in [2.05, 4.69) is 15.3 Å². The number of amides is 1. The fourth-order valence-electron chi connectivity index (χ4n) is 2.80. The molecule has 0 fully saturated rings. The summed E-state index contributed by atoms with van der Waals surface area (Å²) in [5.41, 5.74) is 6.42. The number of fused-ring (bicyclic) bond motifs is 1. The quantitative estimate of drug-likeness (QED) is 0.558. The molecule has 3 rings (SSSR count). The zero-order chi connectivity index (χ0) is 19.4. The van der Waals surface area contributed by atoms with Crippen molar-refractivity contribution in [2.75, 3.05) is 12.3 Å². The van der Waals surface area contributed by atoms with Crippen LogP contribution in [0, 0.1) is 0 Å². The summed E-state index contributed by atoms with van der Waals surface area (Å²) < 4.78 is 1.48. The fourth-order valence-corrected chi connectivity index (χ4v) is 3.05. The van der Waals surface area contributed by atoms with Crippen LogP contribution >= 0.6 is 11.6 Å². The number of nitrogens with zero attached hydrogens (tertiary/aromatic N) is 3. The van der Waals surface area contributed by atoms with Gasteiger partial charge in [-0.2, -0.15) is 0 Å². The average molecular weight is 388 g/mol. The van der Waals surface area contributed by atoms with Crippen molar-refractivity contribution in [1.82, 2.24) is 19.9 Å². The van der Waals surface area contributed by atoms with Gasteiger partial charge in [-0.25, -0.2) is 14.8 Å². The predicted octanol–water partition coefficient (Wildman–Crippen LogP) is 2.61. The number of pyridine rings is 1. The van der Waals surface area contributed by atoms with Crippen LogP contribution in [0.3, 0.4) is 0 Å². The molecular formula is C18H18ClN5O3. The first kappa shape index (κ1) is 18.7. The number of benzene rings is 1. The van der Waals surface area contributed by atoms with Crippen molar-refractivity contribution >= 4 is 34.4 Å². The second-order valence-electron chi connectivity index (χ2n) is 5.93. The minimum atomic E-state index is -1.06. The van der Waals surface area contributed by atoms with Gasteiger partial charge in [0.25, 0.3) is 5.56 Å². The lowest BCUT2D eigenvalue weighted by atomic mass is 10.2. The highest BCUT2D eigenvalue weighted by Crippen LogP contribution is 2.21. The van der Waals surface area contributed by atoms with Crippen molar-refractivity contribution < 1.29 is 9.90 Å². The number of carboxylic acid groups (broad SMARTS) is 1. The number of aromatic nitrogens is 3. The predicted molar refractivity (Wildman–Crippen MR) is 104 cm³/mol. The molecule has 0 unspecified atom stereocenters. The van der Waals surface area contributed by atoms with Crippen LogP contribution < -0.4 is 16.6 Å². The molecule has 1 amide bonds. The zero-order valence-electron chi connectivity index (χ0n) is 14.4. The summed E-state index contributed by atoms with van der Waals surface area (Å²) in [6.07, 6.45) is 2.22. The first-order valence-electron chi connectivity index (χ1n) is 8.36. The van der Waals surface area contributed by atoms with Gasteiger partial charge in [0.1, 0.15) is 11.6 Å². The van der Waals surface area contributed by atoms with Crippen molar-refractivity contribution in [3.8, 4) is 5.69 Å². The Hall–Kier alpha value is -3.13. The number of unbranched alkanes of at least 4 members (excludes halogenated alkanes) is 1. The summed E-state index contributed by atoms with van der Waals surface area (Å²) in [5.74, 6) is 0.900. The molecule has 0 atom stereocenters. The molecule has 0 spiro atoms. The summed E-state index contributed by atoms with van der Waals surface area (Å²) in [7, 11) is 0. The third kappa shape index (κ3) is 4.17. The molecule has 0 aliphatic heterocycles. The molecule has 2 aromatic heterocycles. The Morgan fingerprint density at radius 3 is 2.78 bits per heavy atom. The van der Waals surface area contributed by atoms with E-state index in [0.29, 0.717) is 59.1 Å². The smallest absolute Gasteiger partial charge is 0.404 e. The molecule has 9 heteroatoms. The third-order valence-corrected chi connectivity index (χ3v) is 4.36. The van der Waals surface area contributed by atoms with E-state index in [1.807, 2.05) is 0 Å². The molecule has 27 heavy (non-hydrogen) atoms. The van der Waals surface area contributed by atoms with Crippen molar-refractivity contribution in [3.63, 3.8) is 0 Å². The number of hydrogen-bond donors (Lipinski definition) is 3. The highest BCUT2D eigenvalue weighted by atomic mass is 35.5. The maximum absolute atomic E-state index is 13.1. The van der Waals surface area contributed by atoms with Gasteiger partial charge < -0.3 is 16.2 Å². The average Bonchev–Trinajstić information content (AvgIpc) is 2.62. The Kier molecular flexibility index (Phi) is 5.56. The lowest BCUT2D eigenvalue weighted by molar-refractivity contribution is 0.194. The molecule has 140 valence electrons. The lowest BCUT2D eigenvalue weighted by Gasteiger charge is -2.14. The van der Waals surface area contributed by atoms with Crippen LogP contribution in [0.1, 0.15) is 18.7 Å². The standard InChI is InChI=1S/C18H18ClN5O3/c19-12-4-3-5-13-16(12)17(25)24(11-7-8-14(20)22-10-11)15(23-13)6-1-2-9-21-18(26)27/h3-5,7-8,10,21H,1-2,6,9H2,(H2,20,22)(H,26,27). The van der Waals surface area contributed by atoms with E-state index in [9.17, 15) is 9.59 Å². The molecule has 0 saturated carbocycles. The monoisotopic (exact) mass is 387 g/mol. The van der Waals surface area contributed by atoms with Gasteiger partial charge >= 0.3 is 6.09 Å². The van der Waals surface area contributed by atoms with Gasteiger partial charge in [0.2, 0.25) is 0 Å². The molecule has 0 aliphatic rings. The molecule has 0 aliphatic carbocycles. The largest absolute Gasteiger partial charge is 0.465 e. The molecule has 0 bridgehead atoms. The second-order valence-corrected chi connectivity index (χ2v) is 6.34. The number of halogens is 1. The van der Waals surface area contributed by atoms with Crippen LogP contribution in [0.5, 0.6) is 0 Å². The van der Waals surface area contributed by atoms with Crippen molar-refractivity contribution in [2.45, 2.75) is 19.3 Å². The fraction of sp³-hybridized carbons (Fsp3) is 0.222. The number of nitrogens with two attached hydrogens (primary N) is 1. The number of aryl methyl sites for hydroxylation is 1. The van der Waals surface area contributed by atoms with Crippen LogP contribution in [0.4, 0.5) is 10.6 Å². The molecule has 2 heterocycles. The van der Waals surface area contributed by atoms with E-state index < -0.39 is 6.09 Å². The molecule has 8 nitrogen and oxygen atoms in total. The first-order valence-corrected chi connectivity index (χ1v) is 8.74. The van der Waals surface area contributed by atoms with Crippen LogP contribution in [-0.4, -0.2) is 32.3 Å². The number of anilines is 1. The van der Waals surface area contributed by atoms with Gasteiger partial charge in [-0.05, 0) is 37.1 Å². The van der Waals surface area contributed by atoms with Crippen LogP contribution in [0.15, 0.2) is 41.3 Å². The summed E-state index contributed by atoms with van der Waals surface area (Å²) >= 11 is 6.22. The van der Waals surface area contributed by atoms with Crippen molar-refractivity contribution in [3.05, 3.63) is 57.7 Å². The third-order valence-electron chi connectivity index (χ3n) is 4.05. The van der Waals surface area contributed by atoms with Crippen LogP contribution in [-0.2, 0) is 6.42 Å². The maximum atomic E-state index is 13.1. The van der Waals surface area contributed by atoms with E-state index in [1.165, 1.54) is 10.8 Å². The maximum Gasteiger partial charge on any atom is 0.404 e. The molecule has 4 N–H and O–H groups in total. The van der Waals surface area contributed by atoms with E-state index in [4.69, 9.17) is 22.4 Å². The molecule has 0 radical (unpaired) electrons. The molecule has 0 saturated heterocycles. The number of carbonyl (C=O) groups is 1. The van der Waals surface area contributed by atoms with E-state index in [1.54, 1.807) is 30.3 Å². The Morgan fingerprint density at radius 2 is 2.07 bits per heavy atom. The summed E-state index contributed by atoms with van der Waals surface area (Å²) in [4.78, 5) is 32.3. The highest BCUT2D eigenvalue weighted by molar-refractivity contribution is 6.35. The summed E-state index contributed by atoms with van der Waals surface area (Å²) in [6.45, 7) is 0.336. The van der Waals surface area contributed by atoms with Gasteiger partial charge in [-0.15, -0.1) is 0 Å². The van der Waals surface area contributed by atoms with Gasteiger partial charge in [-0.3, -0.25) is 9.36 Å². The molecular weight excluding hydrogens is 370 g/mol. The number of nitrogens with one attached hydrogen (secondary N) is 1. The van der Waals surface area contributed by atoms with Gasteiger partial charge in [0.05, 0.1) is 27.8 Å². The van der Waals surface area contributed by atoms with E-state index in [-0.39, 0.29) is 5.56 Å². The number of rotatable bonds is 6. The minimum absolute atomic E-state index is 0.282. The Bertz CT molecular complexity index is 1030. The van der Waals surface area contributed by atoms with Gasteiger partial charge in [0, 0.05) is 13.0 Å². The zero-order valence-corrected chi connectivity index (χ0v) is 15.1. The van der Waals surface area contributed by atoms with E-state index >= 15 is 0 Å². The number of hydrogen-bond acceptors (Lipinski definition) is 5. The normalized spacial score (nSPS) is 10.9. The van der Waals surface area contributed by atoms with Crippen molar-refractivity contribution in [2.24, 2.45) is 0 Å². The topological polar surface area (TPSA) is 123 Å². The Morgan fingerprint density at radius 1 is 1.26 bits per heavy atom. The van der Waals surface area contributed by atoms with Crippen LogP contribution in [0.2, 0.25) is 5.02 Å². The minimum Gasteiger partial charge on any atom is -0.465 e. The van der Waals surface area contributed by atoms with E-state index in [0.717, 1.165) is 0 Å².